The Hall–Kier alpha value is -4.00. The first kappa shape index (κ1) is 22.2. The SMILES string of the molecule is CC(C)Oc1ccc(/C(O)=C2\C(=O)C(=O)N(Cc3ccccn3)C2c2ccc(F)cc2)cc1. The van der Waals surface area contributed by atoms with Crippen LogP contribution in [0, 0.1) is 5.82 Å². The van der Waals surface area contributed by atoms with E-state index in [0.29, 0.717) is 22.6 Å². The van der Waals surface area contributed by atoms with E-state index in [-0.39, 0.29) is 24.0 Å². The van der Waals surface area contributed by atoms with Gasteiger partial charge in [0.2, 0.25) is 0 Å². The van der Waals surface area contributed by atoms with Crippen molar-refractivity contribution in [3.63, 3.8) is 0 Å². The molecule has 2 aromatic carbocycles. The molecule has 1 fully saturated rings. The van der Waals surface area contributed by atoms with E-state index in [1.807, 2.05) is 13.8 Å². The van der Waals surface area contributed by atoms with Crippen LogP contribution in [0.5, 0.6) is 5.75 Å². The topological polar surface area (TPSA) is 79.7 Å². The summed E-state index contributed by atoms with van der Waals surface area (Å²) in [6, 6.07) is 16.5. The first-order valence-corrected chi connectivity index (χ1v) is 10.6. The second-order valence-corrected chi connectivity index (χ2v) is 7.99. The molecule has 0 bridgehead atoms. The molecule has 0 spiro atoms. The summed E-state index contributed by atoms with van der Waals surface area (Å²) in [6.07, 6.45) is 1.58. The Bertz CT molecular complexity index is 1190. The zero-order valence-electron chi connectivity index (χ0n) is 18.2. The molecule has 0 aliphatic carbocycles. The molecule has 1 aliphatic heterocycles. The lowest BCUT2D eigenvalue weighted by Gasteiger charge is -2.25. The van der Waals surface area contributed by atoms with Crippen LogP contribution in [0.3, 0.4) is 0 Å². The first-order valence-electron chi connectivity index (χ1n) is 10.6. The second kappa shape index (κ2) is 9.24. The van der Waals surface area contributed by atoms with Gasteiger partial charge in [0.05, 0.1) is 30.0 Å². The number of hydrogen-bond donors (Lipinski definition) is 1. The number of nitrogens with zero attached hydrogens (tertiary/aromatic N) is 2. The lowest BCUT2D eigenvalue weighted by molar-refractivity contribution is -0.140. The van der Waals surface area contributed by atoms with Crippen LogP contribution in [-0.4, -0.2) is 32.8 Å². The molecule has 1 N–H and O–H groups in total. The molecule has 1 saturated heterocycles. The highest BCUT2D eigenvalue weighted by Crippen LogP contribution is 2.40. The van der Waals surface area contributed by atoms with Gasteiger partial charge in [-0.3, -0.25) is 14.6 Å². The van der Waals surface area contributed by atoms with Crippen molar-refractivity contribution in [2.24, 2.45) is 0 Å². The number of aromatic nitrogens is 1. The number of carbonyl (C=O) groups excluding carboxylic acids is 2. The number of rotatable bonds is 6. The third-order valence-electron chi connectivity index (χ3n) is 5.28. The predicted octanol–water partition coefficient (Wildman–Crippen LogP) is 4.63. The number of ether oxygens (including phenoxy) is 1. The monoisotopic (exact) mass is 446 g/mol. The Labute approximate surface area is 191 Å². The molecule has 33 heavy (non-hydrogen) atoms. The molecule has 0 saturated carbocycles. The maximum Gasteiger partial charge on any atom is 0.296 e. The number of halogens is 1. The van der Waals surface area contributed by atoms with Crippen LogP contribution < -0.4 is 4.74 Å². The summed E-state index contributed by atoms with van der Waals surface area (Å²) in [7, 11) is 0. The van der Waals surface area contributed by atoms with Crippen LogP contribution in [-0.2, 0) is 16.1 Å². The van der Waals surface area contributed by atoms with Gasteiger partial charge in [-0.1, -0.05) is 18.2 Å². The maximum atomic E-state index is 13.6. The molecule has 3 aromatic rings. The number of carbonyl (C=O) groups is 2. The van der Waals surface area contributed by atoms with Gasteiger partial charge in [-0.2, -0.15) is 0 Å². The fourth-order valence-electron chi connectivity index (χ4n) is 3.82. The van der Waals surface area contributed by atoms with Gasteiger partial charge in [-0.15, -0.1) is 0 Å². The molecule has 4 rings (SSSR count). The van der Waals surface area contributed by atoms with Crippen LogP contribution in [0.4, 0.5) is 4.39 Å². The fourth-order valence-corrected chi connectivity index (χ4v) is 3.82. The third kappa shape index (κ3) is 4.62. The third-order valence-corrected chi connectivity index (χ3v) is 5.28. The number of ketones is 1. The van der Waals surface area contributed by atoms with Crippen LogP contribution in [0.25, 0.3) is 5.76 Å². The highest BCUT2D eigenvalue weighted by Gasteiger charge is 2.46. The van der Waals surface area contributed by atoms with Gasteiger partial charge in [0, 0.05) is 11.8 Å². The molecule has 1 aromatic heterocycles. The maximum absolute atomic E-state index is 13.6. The van der Waals surface area contributed by atoms with Gasteiger partial charge in [0.1, 0.15) is 17.3 Å². The molecule has 168 valence electrons. The summed E-state index contributed by atoms with van der Waals surface area (Å²) >= 11 is 0. The average molecular weight is 446 g/mol. The molecule has 1 amide bonds. The van der Waals surface area contributed by atoms with E-state index < -0.39 is 23.5 Å². The van der Waals surface area contributed by atoms with Gasteiger partial charge < -0.3 is 14.7 Å². The van der Waals surface area contributed by atoms with E-state index in [1.165, 1.54) is 29.2 Å². The molecule has 7 heteroatoms. The lowest BCUT2D eigenvalue weighted by Crippen LogP contribution is -2.29. The Morgan fingerprint density at radius 3 is 2.36 bits per heavy atom. The number of aliphatic hydroxyl groups is 1. The molecule has 1 unspecified atom stereocenters. The van der Waals surface area contributed by atoms with Crippen molar-refractivity contribution in [2.75, 3.05) is 0 Å². The number of pyridine rings is 1. The summed E-state index contributed by atoms with van der Waals surface area (Å²) < 4.78 is 19.2. The Morgan fingerprint density at radius 1 is 1.06 bits per heavy atom. The number of Topliss-reactive ketones (excluding diaryl/α,β-unsaturated/α-hetero) is 1. The van der Waals surface area contributed by atoms with Crippen molar-refractivity contribution in [3.8, 4) is 5.75 Å². The van der Waals surface area contributed by atoms with E-state index in [2.05, 4.69) is 4.98 Å². The van der Waals surface area contributed by atoms with Crippen molar-refractivity contribution >= 4 is 17.4 Å². The molecular weight excluding hydrogens is 423 g/mol. The van der Waals surface area contributed by atoms with Gasteiger partial charge in [0.15, 0.2) is 0 Å². The zero-order valence-corrected chi connectivity index (χ0v) is 18.2. The highest BCUT2D eigenvalue weighted by atomic mass is 19.1. The van der Waals surface area contributed by atoms with Crippen molar-refractivity contribution in [3.05, 3.63) is 101 Å². The van der Waals surface area contributed by atoms with Gasteiger partial charge in [-0.25, -0.2) is 4.39 Å². The van der Waals surface area contributed by atoms with Crippen LogP contribution in [0.2, 0.25) is 0 Å². The summed E-state index contributed by atoms with van der Waals surface area (Å²) in [5.41, 5.74) is 1.41. The van der Waals surface area contributed by atoms with Gasteiger partial charge in [-0.05, 0) is 67.9 Å². The fraction of sp³-hybridized carbons (Fsp3) is 0.192. The van der Waals surface area contributed by atoms with E-state index in [9.17, 15) is 19.1 Å². The zero-order chi connectivity index (χ0) is 23.5. The summed E-state index contributed by atoms with van der Waals surface area (Å²) in [6.45, 7) is 3.87. The van der Waals surface area contributed by atoms with E-state index >= 15 is 0 Å². The smallest absolute Gasteiger partial charge is 0.296 e. The number of likely N-dealkylation sites (tertiary alicyclic amines) is 1. The number of amides is 1. The van der Waals surface area contributed by atoms with Crippen LogP contribution in [0.1, 0.15) is 36.7 Å². The normalized spacial score (nSPS) is 17.6. The predicted molar refractivity (Wildman–Crippen MR) is 121 cm³/mol. The van der Waals surface area contributed by atoms with E-state index in [1.54, 1.807) is 48.7 Å². The van der Waals surface area contributed by atoms with Crippen molar-refractivity contribution in [1.29, 1.82) is 0 Å². The minimum atomic E-state index is -0.890. The van der Waals surface area contributed by atoms with E-state index in [4.69, 9.17) is 4.74 Å². The van der Waals surface area contributed by atoms with Crippen molar-refractivity contribution in [2.45, 2.75) is 32.5 Å². The standard InChI is InChI=1S/C26H23FN2O4/c1-16(2)33-21-12-8-18(9-13-21)24(30)22-23(17-6-10-19(27)11-7-17)29(26(32)25(22)31)15-20-5-3-4-14-28-20/h3-14,16,23,30H,15H2,1-2H3/b24-22+. The van der Waals surface area contributed by atoms with Crippen molar-refractivity contribution in [1.82, 2.24) is 9.88 Å². The quantitative estimate of drug-likeness (QED) is 0.339. The number of hydrogen-bond acceptors (Lipinski definition) is 5. The highest BCUT2D eigenvalue weighted by molar-refractivity contribution is 6.46. The van der Waals surface area contributed by atoms with Gasteiger partial charge >= 0.3 is 0 Å². The lowest BCUT2D eigenvalue weighted by atomic mass is 9.95. The molecule has 6 nitrogen and oxygen atoms in total. The molecule has 1 aliphatic rings. The van der Waals surface area contributed by atoms with Crippen molar-refractivity contribution < 1.29 is 23.8 Å². The van der Waals surface area contributed by atoms with Crippen LogP contribution >= 0.6 is 0 Å². The molecule has 2 heterocycles. The average Bonchev–Trinajstić information content (AvgIpc) is 3.05. The largest absolute Gasteiger partial charge is 0.507 e. The van der Waals surface area contributed by atoms with Crippen LogP contribution in [0.15, 0.2) is 78.5 Å². The minimum Gasteiger partial charge on any atom is -0.507 e. The Balaban J connectivity index is 1.79. The summed E-state index contributed by atoms with van der Waals surface area (Å²) in [4.78, 5) is 31.6. The molecule has 1 atom stereocenters. The Kier molecular flexibility index (Phi) is 6.22. The van der Waals surface area contributed by atoms with Gasteiger partial charge in [0.25, 0.3) is 11.7 Å². The molecular formula is C26H23FN2O4. The molecule has 0 radical (unpaired) electrons. The minimum absolute atomic E-state index is 0.0140. The first-order chi connectivity index (χ1) is 15.8. The van der Waals surface area contributed by atoms with E-state index in [0.717, 1.165) is 0 Å². The second-order valence-electron chi connectivity index (χ2n) is 7.99. The summed E-state index contributed by atoms with van der Waals surface area (Å²) in [5, 5.41) is 11.1. The number of aliphatic hydroxyl groups excluding tert-OH is 1. The number of benzene rings is 2. The Morgan fingerprint density at radius 2 is 1.76 bits per heavy atom. The summed E-state index contributed by atoms with van der Waals surface area (Å²) in [5.74, 6) is -1.69.